The van der Waals surface area contributed by atoms with Crippen LogP contribution in [0.25, 0.3) is 0 Å². The van der Waals surface area contributed by atoms with Gasteiger partial charge < -0.3 is 15.0 Å². The van der Waals surface area contributed by atoms with Gasteiger partial charge in [0.2, 0.25) is 5.91 Å². The molecule has 1 saturated heterocycles. The molecular weight excluding hydrogens is 368 g/mol. The van der Waals surface area contributed by atoms with Crippen molar-refractivity contribution in [3.8, 4) is 0 Å². The summed E-state index contributed by atoms with van der Waals surface area (Å²) in [6.07, 6.45) is 0.311. The minimum absolute atomic E-state index is 0.0301. The van der Waals surface area contributed by atoms with Crippen LogP contribution in [0.1, 0.15) is 19.0 Å². The number of anilines is 2. The van der Waals surface area contributed by atoms with Gasteiger partial charge in [-0.25, -0.2) is 9.78 Å². The molecule has 0 bridgehead atoms. The van der Waals surface area contributed by atoms with Gasteiger partial charge in [-0.15, -0.1) is 11.3 Å². The van der Waals surface area contributed by atoms with Gasteiger partial charge in [0.05, 0.1) is 24.8 Å². The Bertz CT molecular complexity index is 824. The first-order valence-corrected chi connectivity index (χ1v) is 9.46. The van der Waals surface area contributed by atoms with Crippen molar-refractivity contribution in [2.75, 3.05) is 23.4 Å². The van der Waals surface area contributed by atoms with E-state index in [9.17, 15) is 14.4 Å². The van der Waals surface area contributed by atoms with Crippen LogP contribution in [0.4, 0.5) is 15.6 Å². The first-order valence-electron chi connectivity index (χ1n) is 8.58. The van der Waals surface area contributed by atoms with Crippen molar-refractivity contribution in [1.29, 1.82) is 0 Å². The maximum Gasteiger partial charge on any atom is 0.321 e. The lowest BCUT2D eigenvalue weighted by Gasteiger charge is -2.17. The van der Waals surface area contributed by atoms with Gasteiger partial charge in [0.15, 0.2) is 5.13 Å². The fourth-order valence-corrected chi connectivity index (χ4v) is 3.49. The number of nitrogens with zero attached hydrogens (tertiary/aromatic N) is 2. The minimum Gasteiger partial charge on any atom is -0.466 e. The summed E-state index contributed by atoms with van der Waals surface area (Å²) in [5, 5.41) is 7.51. The molecule has 3 rings (SSSR count). The first-order chi connectivity index (χ1) is 13.0. The van der Waals surface area contributed by atoms with Gasteiger partial charge in [0.25, 0.3) is 0 Å². The predicted octanol–water partition coefficient (Wildman–Crippen LogP) is 2.18. The number of hydrogen-bond acceptors (Lipinski definition) is 6. The van der Waals surface area contributed by atoms with Crippen molar-refractivity contribution in [3.63, 3.8) is 0 Å². The second kappa shape index (κ2) is 8.63. The Hall–Kier alpha value is -2.94. The maximum absolute atomic E-state index is 12.2. The monoisotopic (exact) mass is 388 g/mol. The second-order valence-electron chi connectivity index (χ2n) is 5.97. The van der Waals surface area contributed by atoms with Gasteiger partial charge in [-0.3, -0.25) is 14.9 Å². The third kappa shape index (κ3) is 5.04. The SMILES string of the molecule is CCOC(=O)Cc1csc(NC(=O)N[C@H]2CC(=O)N(c3ccccc3)C2)n1. The summed E-state index contributed by atoms with van der Waals surface area (Å²) >= 11 is 1.23. The molecule has 1 atom stereocenters. The number of rotatable bonds is 6. The largest absolute Gasteiger partial charge is 0.466 e. The summed E-state index contributed by atoms with van der Waals surface area (Å²) < 4.78 is 4.87. The number of benzene rings is 1. The van der Waals surface area contributed by atoms with Gasteiger partial charge in [0, 0.05) is 24.0 Å². The normalized spacial score (nSPS) is 16.3. The quantitative estimate of drug-likeness (QED) is 0.739. The fourth-order valence-electron chi connectivity index (χ4n) is 2.79. The van der Waals surface area contributed by atoms with Crippen LogP contribution >= 0.6 is 11.3 Å². The molecule has 9 heteroatoms. The minimum atomic E-state index is -0.431. The van der Waals surface area contributed by atoms with E-state index in [1.807, 2.05) is 30.3 Å². The van der Waals surface area contributed by atoms with E-state index in [2.05, 4.69) is 15.6 Å². The Labute approximate surface area is 160 Å². The van der Waals surface area contributed by atoms with E-state index in [0.29, 0.717) is 24.0 Å². The van der Waals surface area contributed by atoms with Crippen LogP contribution in [-0.2, 0) is 20.7 Å². The number of urea groups is 1. The highest BCUT2D eigenvalue weighted by atomic mass is 32.1. The number of carbonyl (C=O) groups excluding carboxylic acids is 3. The Balaban J connectivity index is 1.51. The third-order valence-electron chi connectivity index (χ3n) is 3.93. The van der Waals surface area contributed by atoms with E-state index < -0.39 is 6.03 Å². The fraction of sp³-hybridized carbons (Fsp3) is 0.333. The molecule has 2 aromatic rings. The highest BCUT2D eigenvalue weighted by Gasteiger charge is 2.31. The summed E-state index contributed by atoms with van der Waals surface area (Å²) in [5.41, 5.74) is 1.36. The average Bonchev–Trinajstić information content (AvgIpc) is 3.22. The molecule has 2 N–H and O–H groups in total. The standard InChI is InChI=1S/C18H20N4O4S/c1-2-26-16(24)9-13-11-27-18(20-13)21-17(25)19-12-8-15(23)22(10-12)14-6-4-3-5-7-14/h3-7,11-12H,2,8-10H2,1H3,(H2,19,20,21,25)/t12-/m0/s1. The van der Waals surface area contributed by atoms with Crippen LogP contribution in [0.3, 0.4) is 0 Å². The maximum atomic E-state index is 12.2. The summed E-state index contributed by atoms with van der Waals surface area (Å²) in [7, 11) is 0. The van der Waals surface area contributed by atoms with Crippen molar-refractivity contribution in [3.05, 3.63) is 41.4 Å². The molecule has 1 aliphatic heterocycles. The number of ether oxygens (including phenoxy) is 1. The third-order valence-corrected chi connectivity index (χ3v) is 4.74. The van der Waals surface area contributed by atoms with Gasteiger partial charge in [0.1, 0.15) is 0 Å². The van der Waals surface area contributed by atoms with E-state index in [0.717, 1.165) is 5.69 Å². The lowest BCUT2D eigenvalue weighted by Crippen LogP contribution is -2.39. The molecule has 0 spiro atoms. The zero-order valence-electron chi connectivity index (χ0n) is 14.8. The molecule has 1 aliphatic rings. The number of carbonyl (C=O) groups is 3. The topological polar surface area (TPSA) is 101 Å². The van der Waals surface area contributed by atoms with Crippen molar-refractivity contribution in [1.82, 2.24) is 10.3 Å². The molecule has 1 aromatic carbocycles. The molecule has 0 radical (unpaired) electrons. The van der Waals surface area contributed by atoms with E-state index >= 15 is 0 Å². The Kier molecular flexibility index (Phi) is 6.02. The Morgan fingerprint density at radius 3 is 2.85 bits per heavy atom. The van der Waals surface area contributed by atoms with E-state index in [-0.39, 0.29) is 30.8 Å². The first kappa shape index (κ1) is 18.8. The van der Waals surface area contributed by atoms with E-state index in [1.54, 1.807) is 17.2 Å². The van der Waals surface area contributed by atoms with Crippen molar-refractivity contribution >= 4 is 40.1 Å². The van der Waals surface area contributed by atoms with Crippen LogP contribution in [0.5, 0.6) is 0 Å². The molecule has 27 heavy (non-hydrogen) atoms. The molecule has 3 amide bonds. The molecule has 0 aliphatic carbocycles. The molecular formula is C18H20N4O4S. The number of amides is 3. The van der Waals surface area contributed by atoms with Crippen molar-refractivity contribution < 1.29 is 19.1 Å². The van der Waals surface area contributed by atoms with Gasteiger partial charge in [-0.2, -0.15) is 0 Å². The highest BCUT2D eigenvalue weighted by Crippen LogP contribution is 2.21. The summed E-state index contributed by atoms with van der Waals surface area (Å²) in [4.78, 5) is 41.7. The molecule has 1 fully saturated rings. The van der Waals surface area contributed by atoms with Crippen LogP contribution in [0, 0.1) is 0 Å². The molecule has 142 valence electrons. The Morgan fingerprint density at radius 1 is 1.33 bits per heavy atom. The number of hydrogen-bond donors (Lipinski definition) is 2. The van der Waals surface area contributed by atoms with Crippen molar-refractivity contribution in [2.24, 2.45) is 0 Å². The van der Waals surface area contributed by atoms with Crippen LogP contribution in [-0.4, -0.2) is 42.1 Å². The summed E-state index contributed by atoms with van der Waals surface area (Å²) in [6.45, 7) is 2.47. The van der Waals surface area contributed by atoms with Gasteiger partial charge in [-0.1, -0.05) is 18.2 Å². The predicted molar refractivity (Wildman–Crippen MR) is 102 cm³/mol. The summed E-state index contributed by atoms with van der Waals surface area (Å²) in [6, 6.07) is 8.63. The lowest BCUT2D eigenvalue weighted by molar-refractivity contribution is -0.142. The molecule has 1 aromatic heterocycles. The van der Waals surface area contributed by atoms with Crippen LogP contribution in [0.15, 0.2) is 35.7 Å². The number of aromatic nitrogens is 1. The van der Waals surface area contributed by atoms with E-state index in [4.69, 9.17) is 4.74 Å². The number of nitrogens with one attached hydrogen (secondary N) is 2. The van der Waals surface area contributed by atoms with Crippen molar-refractivity contribution in [2.45, 2.75) is 25.8 Å². The lowest BCUT2D eigenvalue weighted by atomic mass is 10.2. The zero-order chi connectivity index (χ0) is 19.2. The number of para-hydroxylation sites is 1. The highest BCUT2D eigenvalue weighted by molar-refractivity contribution is 7.13. The second-order valence-corrected chi connectivity index (χ2v) is 6.82. The molecule has 8 nitrogen and oxygen atoms in total. The smallest absolute Gasteiger partial charge is 0.321 e. The van der Waals surface area contributed by atoms with Crippen LogP contribution < -0.4 is 15.5 Å². The molecule has 0 unspecified atom stereocenters. The van der Waals surface area contributed by atoms with Gasteiger partial charge >= 0.3 is 12.0 Å². The Morgan fingerprint density at radius 2 is 2.11 bits per heavy atom. The number of thiazole rings is 1. The van der Waals surface area contributed by atoms with Crippen LogP contribution in [0.2, 0.25) is 0 Å². The number of esters is 1. The molecule has 2 heterocycles. The van der Waals surface area contributed by atoms with E-state index in [1.165, 1.54) is 11.3 Å². The summed E-state index contributed by atoms with van der Waals surface area (Å²) in [5.74, 6) is -0.387. The van der Waals surface area contributed by atoms with Gasteiger partial charge in [-0.05, 0) is 19.1 Å². The zero-order valence-corrected chi connectivity index (χ0v) is 15.6. The molecule has 0 saturated carbocycles. The average molecular weight is 388 g/mol.